The first kappa shape index (κ1) is 23.9. The van der Waals surface area contributed by atoms with E-state index >= 15 is 0 Å². The lowest BCUT2D eigenvalue weighted by molar-refractivity contribution is -0.742. The van der Waals surface area contributed by atoms with Crippen LogP contribution in [-0.4, -0.2) is 26.1 Å². The minimum absolute atomic E-state index is 0. The van der Waals surface area contributed by atoms with Gasteiger partial charge in [-0.05, 0) is 0 Å². The zero-order chi connectivity index (χ0) is 7.15. The van der Waals surface area contributed by atoms with Gasteiger partial charge in [-0.15, -0.1) is 20.2 Å². The molecule has 0 amide bonds. The largest absolute Gasteiger partial charge is 0.412 e. The maximum atomic E-state index is 8.36. The van der Waals surface area contributed by atoms with Crippen LogP contribution in [0.3, 0.4) is 0 Å². The first-order chi connectivity index (χ1) is 3.46. The van der Waals surface area contributed by atoms with E-state index in [1.54, 1.807) is 0 Å². The summed E-state index contributed by atoms with van der Waals surface area (Å²) in [6.45, 7) is 0. The van der Waals surface area contributed by atoms with Crippen molar-refractivity contribution in [1.29, 1.82) is 0 Å². The van der Waals surface area contributed by atoms with Gasteiger partial charge in [0, 0.05) is 0 Å². The lowest BCUT2D eigenvalue weighted by Gasteiger charge is -1.56. The van der Waals surface area contributed by atoms with E-state index in [2.05, 4.69) is 0 Å². The van der Waals surface area contributed by atoms with E-state index in [4.69, 9.17) is 30.6 Å². The Morgan fingerprint density at radius 2 is 1.00 bits per heavy atom. The van der Waals surface area contributed by atoms with E-state index in [0.717, 1.165) is 0 Å². The van der Waals surface area contributed by atoms with E-state index in [0.29, 0.717) is 0 Å². The fraction of sp³-hybridized carbons (Fsp3) is 0. The highest BCUT2D eigenvalue weighted by Crippen LogP contribution is 1.38. The smallest absolute Gasteiger partial charge is 0.291 e. The van der Waals surface area contributed by atoms with E-state index in [-0.39, 0.29) is 11.6 Å². The minimum atomic E-state index is -1.50. The van der Waals surface area contributed by atoms with Crippen LogP contribution in [0, 0.1) is 20.2 Å². The fourth-order valence-electron chi connectivity index (χ4n) is 0. The molecule has 0 aromatic carbocycles. The Morgan fingerprint density at radius 3 is 1.00 bits per heavy atom. The molecule has 0 aromatic heterocycles. The molecule has 0 radical (unpaired) electrons. The predicted octanol–water partition coefficient (Wildman–Crippen LogP) is -1.36. The summed E-state index contributed by atoms with van der Waals surface area (Å²) in [7, 11) is 0. The summed E-state index contributed by atoms with van der Waals surface area (Å²) >= 11 is 0. The quantitative estimate of drug-likeness (QED) is 0.288. The molecule has 0 saturated carbocycles. The molecule has 0 aliphatic heterocycles. The topological polar surface area (TPSA) is 193 Å². The van der Waals surface area contributed by atoms with Crippen LogP contribution in [0.5, 0.6) is 0 Å². The Morgan fingerprint density at radius 1 is 1.00 bits per heavy atom. The zero-order valence-corrected chi connectivity index (χ0v) is 4.63. The van der Waals surface area contributed by atoms with Gasteiger partial charge in [0.15, 0.2) is 0 Å². The molecule has 0 fully saturated rings. The zero-order valence-electron chi connectivity index (χ0n) is 4.63. The lowest BCUT2D eigenvalue weighted by Crippen LogP contribution is -1.81. The van der Waals surface area contributed by atoms with Gasteiger partial charge in [0.25, 0.3) is 10.2 Å². The summed E-state index contributed by atoms with van der Waals surface area (Å²) in [4.78, 5) is 16.7. The number of nitrogens with zero attached hydrogens (tertiary/aromatic N) is 2. The maximum Gasteiger partial charge on any atom is 0.291 e. The molecule has 0 aliphatic carbocycles. The van der Waals surface area contributed by atoms with E-state index in [1.807, 2.05) is 0 Å². The second-order valence-corrected chi connectivity index (χ2v) is 0.476. The fourth-order valence-corrected chi connectivity index (χ4v) is 0. The van der Waals surface area contributed by atoms with Crippen LogP contribution in [0.1, 0.15) is 0 Å². The highest BCUT2D eigenvalue weighted by molar-refractivity contribution is 3.83. The lowest BCUT2D eigenvalue weighted by atomic mass is 13.1. The molecular weight excluding hydrogens is 154 g/mol. The van der Waals surface area contributed by atoms with Gasteiger partial charge < -0.3 is 22.0 Å². The molecule has 7 N–H and O–H groups in total. The van der Waals surface area contributed by atoms with Crippen molar-refractivity contribution in [3.05, 3.63) is 20.2 Å². The molecule has 0 spiro atoms. The maximum absolute atomic E-state index is 8.36. The van der Waals surface area contributed by atoms with Crippen molar-refractivity contribution in [2.45, 2.75) is 0 Å². The monoisotopic (exact) mass is 161 g/mol. The van der Waals surface area contributed by atoms with Gasteiger partial charge in [0.2, 0.25) is 0 Å². The van der Waals surface area contributed by atoms with Gasteiger partial charge in [-0.25, -0.2) is 0 Å². The highest BCUT2D eigenvalue weighted by Gasteiger charge is 1.65. The second-order valence-electron chi connectivity index (χ2n) is 0.476. The van der Waals surface area contributed by atoms with E-state index < -0.39 is 10.2 Å². The second kappa shape index (κ2) is 15.7. The first-order valence-electron chi connectivity index (χ1n) is 1.13. The van der Waals surface area contributed by atoms with E-state index in [1.165, 1.54) is 0 Å². The van der Waals surface area contributed by atoms with E-state index in [9.17, 15) is 0 Å². The molecule has 10 nitrogen and oxygen atoms in total. The van der Waals surface area contributed by atoms with Crippen LogP contribution < -0.4 is 6.15 Å². The van der Waals surface area contributed by atoms with Gasteiger partial charge in [0.1, 0.15) is 0 Å². The molecule has 10 heavy (non-hydrogen) atoms. The van der Waals surface area contributed by atoms with Crippen molar-refractivity contribution in [2.24, 2.45) is 0 Å². The average Bonchev–Trinajstić information content (AvgIpc) is 1.25. The van der Waals surface area contributed by atoms with Crippen LogP contribution in [0.2, 0.25) is 0 Å². The molecule has 0 aliphatic rings. The number of rotatable bonds is 0. The Bertz CT molecular complexity index is 66.9. The molecule has 10 heteroatoms. The van der Waals surface area contributed by atoms with Crippen molar-refractivity contribution >= 4 is 0 Å². The summed E-state index contributed by atoms with van der Waals surface area (Å²) in [5.74, 6) is 0. The summed E-state index contributed by atoms with van der Waals surface area (Å²) in [6, 6.07) is 0. The van der Waals surface area contributed by atoms with Gasteiger partial charge in [-0.2, -0.15) is 0 Å². The Balaban J connectivity index is -0.0000000300. The molecular formula is H7N3O7. The first-order valence-corrected chi connectivity index (χ1v) is 1.13. The Hall–Kier alpha value is -1.68. The van der Waals surface area contributed by atoms with Crippen molar-refractivity contribution in [3.8, 4) is 0 Å². The molecule has 64 valence electrons. The normalized spacial score (nSPS) is 4.80. The summed E-state index contributed by atoms with van der Waals surface area (Å²) in [5, 5.41) is 27.3. The minimum Gasteiger partial charge on any atom is -0.412 e. The number of hydrogen-bond acceptors (Lipinski definition) is 5. The Labute approximate surface area is 53.8 Å². The van der Waals surface area contributed by atoms with Crippen LogP contribution in [0.25, 0.3) is 0 Å². The Kier molecular flexibility index (Phi) is 37.4. The SMILES string of the molecule is N.O.O=[N+]([O-])O.O=[N+]([O-])O. The van der Waals surface area contributed by atoms with Gasteiger partial charge >= 0.3 is 0 Å². The van der Waals surface area contributed by atoms with Crippen molar-refractivity contribution < 1.29 is 26.1 Å². The highest BCUT2D eigenvalue weighted by atomic mass is 16.9. The third-order valence-corrected chi connectivity index (χ3v) is 0. The summed E-state index contributed by atoms with van der Waals surface area (Å²) in [5.41, 5.74) is 0. The van der Waals surface area contributed by atoms with Crippen LogP contribution in [-0.2, 0) is 0 Å². The standard InChI is InChI=1S/2HNO3.H3N.H2O/c2*2-1(3)4;;/h2*(H,2,3,4);1H3;1H2. The van der Waals surface area contributed by atoms with Crippen molar-refractivity contribution in [2.75, 3.05) is 0 Å². The van der Waals surface area contributed by atoms with Crippen LogP contribution >= 0.6 is 0 Å². The van der Waals surface area contributed by atoms with Crippen LogP contribution in [0.4, 0.5) is 0 Å². The molecule has 0 saturated heterocycles. The van der Waals surface area contributed by atoms with Gasteiger partial charge in [-0.1, -0.05) is 0 Å². The third kappa shape index (κ3) is 63.4. The average molecular weight is 161 g/mol. The number of hydrogen-bond donors (Lipinski definition) is 3. The molecule has 0 rings (SSSR count). The molecule has 0 aromatic rings. The van der Waals surface area contributed by atoms with Crippen LogP contribution in [0.15, 0.2) is 0 Å². The summed E-state index contributed by atoms with van der Waals surface area (Å²) < 4.78 is 0. The molecule has 0 bridgehead atoms. The molecule has 0 unspecified atom stereocenters. The molecule has 0 heterocycles. The van der Waals surface area contributed by atoms with Crippen molar-refractivity contribution in [1.82, 2.24) is 6.15 Å². The van der Waals surface area contributed by atoms with Gasteiger partial charge in [0.05, 0.1) is 0 Å². The van der Waals surface area contributed by atoms with Gasteiger partial charge in [-0.3, -0.25) is 0 Å². The summed E-state index contributed by atoms with van der Waals surface area (Å²) in [6.07, 6.45) is 0. The van der Waals surface area contributed by atoms with Crippen molar-refractivity contribution in [3.63, 3.8) is 0 Å². The third-order valence-electron chi connectivity index (χ3n) is 0. The predicted molar refractivity (Wildman–Crippen MR) is 26.2 cm³/mol. The molecule has 0 atom stereocenters.